The number of ether oxygens (including phenoxy) is 1. The molecule has 4 heteroatoms. The number of nitrogens with zero attached hydrogens (tertiary/aromatic N) is 2. The van der Waals surface area contributed by atoms with Crippen LogP contribution < -0.4 is 0 Å². The minimum absolute atomic E-state index is 0.106. The Kier molecular flexibility index (Phi) is 7.26. The average Bonchev–Trinajstić information content (AvgIpc) is 2.43. The maximum Gasteiger partial charge on any atom is 0.310 e. The maximum atomic E-state index is 11.9. The maximum absolute atomic E-state index is 11.9. The molecule has 0 aromatic heterocycles. The highest BCUT2D eigenvalue weighted by Gasteiger charge is 2.16. The molecule has 0 fully saturated rings. The van der Waals surface area contributed by atoms with Crippen LogP contribution in [0, 0.1) is 5.92 Å². The molecule has 0 spiro atoms. The van der Waals surface area contributed by atoms with E-state index in [4.69, 9.17) is 4.74 Å². The van der Waals surface area contributed by atoms with Crippen molar-refractivity contribution in [1.29, 1.82) is 0 Å². The van der Waals surface area contributed by atoms with Crippen molar-refractivity contribution in [2.24, 2.45) is 5.92 Å². The van der Waals surface area contributed by atoms with E-state index in [9.17, 15) is 4.79 Å². The van der Waals surface area contributed by atoms with Crippen molar-refractivity contribution in [1.82, 2.24) is 9.80 Å². The number of carbonyl (C=O) groups is 1. The van der Waals surface area contributed by atoms with Gasteiger partial charge in [-0.1, -0.05) is 37.3 Å². The van der Waals surface area contributed by atoms with Crippen LogP contribution >= 0.6 is 0 Å². The standard InChI is InChI=1S/C16H26N2O2/c1-14(12-18(4)11-10-17(2)3)16(19)20-13-15-8-6-5-7-9-15/h5-9,14H,10-13H2,1-4H3. The number of esters is 1. The van der Waals surface area contributed by atoms with Crippen molar-refractivity contribution in [3.8, 4) is 0 Å². The zero-order valence-corrected chi connectivity index (χ0v) is 13.0. The van der Waals surface area contributed by atoms with Gasteiger partial charge in [-0.15, -0.1) is 0 Å². The van der Waals surface area contributed by atoms with Crippen LogP contribution in [-0.2, 0) is 16.1 Å². The lowest BCUT2D eigenvalue weighted by Crippen LogP contribution is -2.34. The van der Waals surface area contributed by atoms with E-state index in [1.807, 2.05) is 58.4 Å². The lowest BCUT2D eigenvalue weighted by molar-refractivity contribution is -0.149. The van der Waals surface area contributed by atoms with Gasteiger partial charge in [-0.25, -0.2) is 0 Å². The predicted octanol–water partition coefficient (Wildman–Crippen LogP) is 1.86. The summed E-state index contributed by atoms with van der Waals surface area (Å²) in [6.45, 7) is 4.93. The van der Waals surface area contributed by atoms with Gasteiger partial charge in [0, 0.05) is 19.6 Å². The van der Waals surface area contributed by atoms with Crippen LogP contribution in [0.3, 0.4) is 0 Å². The van der Waals surface area contributed by atoms with Crippen molar-refractivity contribution in [3.05, 3.63) is 35.9 Å². The van der Waals surface area contributed by atoms with E-state index in [0.29, 0.717) is 6.61 Å². The molecule has 0 radical (unpaired) electrons. The number of carbonyl (C=O) groups excluding carboxylic acids is 1. The molecule has 0 saturated heterocycles. The summed E-state index contributed by atoms with van der Waals surface area (Å²) < 4.78 is 5.34. The summed E-state index contributed by atoms with van der Waals surface area (Å²) in [5.74, 6) is -0.239. The number of hydrogen-bond acceptors (Lipinski definition) is 4. The molecule has 112 valence electrons. The highest BCUT2D eigenvalue weighted by molar-refractivity contribution is 5.72. The van der Waals surface area contributed by atoms with Gasteiger partial charge in [0.05, 0.1) is 5.92 Å². The minimum Gasteiger partial charge on any atom is -0.461 e. The molecule has 1 aromatic rings. The fraction of sp³-hybridized carbons (Fsp3) is 0.562. The number of rotatable bonds is 8. The van der Waals surface area contributed by atoms with Crippen LogP contribution in [0.15, 0.2) is 30.3 Å². The highest BCUT2D eigenvalue weighted by Crippen LogP contribution is 2.06. The van der Waals surface area contributed by atoms with Crippen LogP contribution in [0.2, 0.25) is 0 Å². The van der Waals surface area contributed by atoms with Crippen molar-refractivity contribution < 1.29 is 9.53 Å². The predicted molar refractivity (Wildman–Crippen MR) is 81.5 cm³/mol. The van der Waals surface area contributed by atoms with E-state index in [1.165, 1.54) is 0 Å². The largest absolute Gasteiger partial charge is 0.461 e. The Morgan fingerprint density at radius 2 is 1.80 bits per heavy atom. The molecule has 1 aromatic carbocycles. The van der Waals surface area contributed by atoms with Gasteiger partial charge >= 0.3 is 5.97 Å². The van der Waals surface area contributed by atoms with E-state index in [0.717, 1.165) is 25.2 Å². The Hall–Kier alpha value is -1.39. The molecule has 0 amide bonds. The van der Waals surface area contributed by atoms with Gasteiger partial charge in [0.1, 0.15) is 6.61 Å². The van der Waals surface area contributed by atoms with Gasteiger partial charge < -0.3 is 14.5 Å². The summed E-state index contributed by atoms with van der Waals surface area (Å²) in [6.07, 6.45) is 0. The normalized spacial score (nSPS) is 12.7. The third-order valence-electron chi connectivity index (χ3n) is 3.14. The first-order chi connectivity index (χ1) is 9.49. The Bertz CT molecular complexity index is 393. The van der Waals surface area contributed by atoms with Gasteiger partial charge in [-0.05, 0) is 26.7 Å². The average molecular weight is 278 g/mol. The lowest BCUT2D eigenvalue weighted by Gasteiger charge is -2.22. The molecule has 0 N–H and O–H groups in total. The number of hydrogen-bond donors (Lipinski definition) is 0. The number of likely N-dealkylation sites (N-methyl/N-ethyl adjacent to an activating group) is 2. The fourth-order valence-electron chi connectivity index (χ4n) is 1.88. The van der Waals surface area contributed by atoms with Crippen molar-refractivity contribution in [2.75, 3.05) is 40.8 Å². The van der Waals surface area contributed by atoms with Gasteiger partial charge in [0.25, 0.3) is 0 Å². The monoisotopic (exact) mass is 278 g/mol. The smallest absolute Gasteiger partial charge is 0.310 e. The second kappa shape index (κ2) is 8.72. The topological polar surface area (TPSA) is 32.8 Å². The van der Waals surface area contributed by atoms with Crippen molar-refractivity contribution in [3.63, 3.8) is 0 Å². The second-order valence-electron chi connectivity index (χ2n) is 5.56. The van der Waals surface area contributed by atoms with E-state index in [-0.39, 0.29) is 11.9 Å². The Morgan fingerprint density at radius 1 is 1.15 bits per heavy atom. The summed E-state index contributed by atoms with van der Waals surface area (Å²) in [5.41, 5.74) is 1.02. The molecule has 1 atom stereocenters. The highest BCUT2D eigenvalue weighted by atomic mass is 16.5. The molecule has 0 bridgehead atoms. The summed E-state index contributed by atoms with van der Waals surface area (Å²) in [5, 5.41) is 0. The van der Waals surface area contributed by atoms with Crippen LogP contribution in [0.25, 0.3) is 0 Å². The van der Waals surface area contributed by atoms with Crippen molar-refractivity contribution >= 4 is 5.97 Å². The van der Waals surface area contributed by atoms with Gasteiger partial charge in [0.15, 0.2) is 0 Å². The molecular formula is C16H26N2O2. The molecule has 0 aliphatic heterocycles. The Morgan fingerprint density at radius 3 is 2.40 bits per heavy atom. The SMILES string of the molecule is CC(CN(C)CCN(C)C)C(=O)OCc1ccccc1. The quantitative estimate of drug-likeness (QED) is 0.680. The molecule has 1 unspecified atom stereocenters. The molecule has 0 aliphatic carbocycles. The van der Waals surface area contributed by atoms with Crippen LogP contribution in [0.1, 0.15) is 12.5 Å². The third-order valence-corrected chi connectivity index (χ3v) is 3.14. The first-order valence-corrected chi connectivity index (χ1v) is 7.03. The van der Waals surface area contributed by atoms with E-state index in [1.54, 1.807) is 0 Å². The zero-order valence-electron chi connectivity index (χ0n) is 13.0. The van der Waals surface area contributed by atoms with Crippen LogP contribution in [-0.4, -0.2) is 56.5 Å². The zero-order chi connectivity index (χ0) is 15.0. The van der Waals surface area contributed by atoms with E-state index < -0.39 is 0 Å². The van der Waals surface area contributed by atoms with Gasteiger partial charge in [-0.2, -0.15) is 0 Å². The molecule has 20 heavy (non-hydrogen) atoms. The lowest BCUT2D eigenvalue weighted by atomic mass is 10.1. The Labute approximate surface area is 122 Å². The molecule has 1 rings (SSSR count). The molecule has 0 saturated carbocycles. The summed E-state index contributed by atoms with van der Waals surface area (Å²) in [4.78, 5) is 16.2. The minimum atomic E-state index is -0.134. The molecule has 4 nitrogen and oxygen atoms in total. The van der Waals surface area contributed by atoms with Crippen molar-refractivity contribution in [2.45, 2.75) is 13.5 Å². The second-order valence-corrected chi connectivity index (χ2v) is 5.56. The molecular weight excluding hydrogens is 252 g/mol. The fourth-order valence-corrected chi connectivity index (χ4v) is 1.88. The summed E-state index contributed by atoms with van der Waals surface area (Å²) in [7, 11) is 6.13. The Balaban J connectivity index is 2.28. The van der Waals surface area contributed by atoms with E-state index >= 15 is 0 Å². The van der Waals surface area contributed by atoms with Gasteiger partial charge in [0.2, 0.25) is 0 Å². The number of benzene rings is 1. The first kappa shape index (κ1) is 16.7. The summed E-state index contributed by atoms with van der Waals surface area (Å²) >= 11 is 0. The molecule has 0 heterocycles. The summed E-state index contributed by atoms with van der Waals surface area (Å²) in [6, 6.07) is 9.76. The molecule has 0 aliphatic rings. The van der Waals surface area contributed by atoms with Crippen LogP contribution in [0.5, 0.6) is 0 Å². The first-order valence-electron chi connectivity index (χ1n) is 7.03. The van der Waals surface area contributed by atoms with E-state index in [2.05, 4.69) is 9.80 Å². The van der Waals surface area contributed by atoms with Crippen LogP contribution in [0.4, 0.5) is 0 Å². The van der Waals surface area contributed by atoms with Gasteiger partial charge in [-0.3, -0.25) is 4.79 Å². The third kappa shape index (κ3) is 6.68.